The average Bonchev–Trinajstić information content (AvgIpc) is 3.01. The summed E-state index contributed by atoms with van der Waals surface area (Å²) in [6, 6.07) is 1.23. The van der Waals surface area contributed by atoms with Gasteiger partial charge in [-0.15, -0.1) is 0 Å². The summed E-state index contributed by atoms with van der Waals surface area (Å²) in [4.78, 5) is 13.7. The molecule has 4 unspecified atom stereocenters. The molecule has 0 aromatic carbocycles. The second-order valence-electron chi connectivity index (χ2n) is 6.33. The maximum Gasteiger partial charge on any atom is 0.306 e. The number of likely N-dealkylation sites (tertiary alicyclic amines) is 1. The molecule has 5 atom stereocenters. The highest BCUT2D eigenvalue weighted by Gasteiger charge is 2.52. The molecule has 0 aromatic heterocycles. The molecule has 3 rings (SSSR count). The molecule has 3 aliphatic rings. The number of hydrogen-bond acceptors (Lipinski definition) is 3. The molecule has 2 N–H and O–H groups in total. The quantitative estimate of drug-likeness (QED) is 0.791. The summed E-state index contributed by atoms with van der Waals surface area (Å²) in [5, 5.41) is 12.6. The van der Waals surface area contributed by atoms with E-state index in [-0.39, 0.29) is 5.92 Å². The molecule has 102 valence electrons. The van der Waals surface area contributed by atoms with Crippen molar-refractivity contribution in [1.29, 1.82) is 0 Å². The Morgan fingerprint density at radius 2 is 2.17 bits per heavy atom. The van der Waals surface area contributed by atoms with E-state index in [2.05, 4.69) is 17.1 Å². The van der Waals surface area contributed by atoms with Crippen LogP contribution in [-0.4, -0.2) is 47.7 Å². The van der Waals surface area contributed by atoms with Crippen molar-refractivity contribution in [3.05, 3.63) is 0 Å². The van der Waals surface area contributed by atoms with Gasteiger partial charge < -0.3 is 10.4 Å². The maximum absolute atomic E-state index is 11.0. The number of piperidine rings is 1. The Kier molecular flexibility index (Phi) is 3.32. The Morgan fingerprint density at radius 1 is 1.33 bits per heavy atom. The van der Waals surface area contributed by atoms with Crippen molar-refractivity contribution in [3.63, 3.8) is 0 Å². The van der Waals surface area contributed by atoms with E-state index in [4.69, 9.17) is 5.11 Å². The summed E-state index contributed by atoms with van der Waals surface area (Å²) >= 11 is 0. The summed E-state index contributed by atoms with van der Waals surface area (Å²) in [7, 11) is 0. The lowest BCUT2D eigenvalue weighted by molar-refractivity contribution is -0.139. The minimum Gasteiger partial charge on any atom is -0.481 e. The van der Waals surface area contributed by atoms with Crippen LogP contribution in [0.2, 0.25) is 0 Å². The maximum atomic E-state index is 11.0. The first kappa shape index (κ1) is 12.4. The van der Waals surface area contributed by atoms with Gasteiger partial charge in [0.25, 0.3) is 0 Å². The van der Waals surface area contributed by atoms with Crippen LogP contribution in [0, 0.1) is 17.8 Å². The second kappa shape index (κ2) is 4.82. The van der Waals surface area contributed by atoms with E-state index in [9.17, 15) is 4.79 Å². The molecule has 3 fully saturated rings. The predicted molar refractivity (Wildman–Crippen MR) is 69.4 cm³/mol. The Bertz CT molecular complexity index is 334. The lowest BCUT2D eigenvalue weighted by Gasteiger charge is -2.40. The van der Waals surface area contributed by atoms with Crippen molar-refractivity contribution < 1.29 is 9.90 Å². The summed E-state index contributed by atoms with van der Waals surface area (Å²) in [6.07, 6.45) is 4.60. The monoisotopic (exact) mass is 252 g/mol. The highest BCUT2D eigenvalue weighted by Crippen LogP contribution is 2.47. The highest BCUT2D eigenvalue weighted by molar-refractivity contribution is 5.73. The van der Waals surface area contributed by atoms with Gasteiger partial charge >= 0.3 is 5.97 Å². The van der Waals surface area contributed by atoms with Gasteiger partial charge in [-0.25, -0.2) is 0 Å². The van der Waals surface area contributed by atoms with Crippen LogP contribution >= 0.6 is 0 Å². The van der Waals surface area contributed by atoms with Crippen LogP contribution in [0.5, 0.6) is 0 Å². The molecule has 1 saturated carbocycles. The second-order valence-corrected chi connectivity index (χ2v) is 6.33. The summed E-state index contributed by atoms with van der Waals surface area (Å²) in [6.45, 7) is 5.74. The van der Waals surface area contributed by atoms with E-state index in [1.807, 2.05) is 0 Å². The number of nitrogens with one attached hydrogen (secondary N) is 1. The van der Waals surface area contributed by atoms with Crippen LogP contribution < -0.4 is 5.32 Å². The molecule has 2 aliphatic heterocycles. The van der Waals surface area contributed by atoms with E-state index < -0.39 is 5.97 Å². The number of aliphatic carboxylic acids is 1. The van der Waals surface area contributed by atoms with Gasteiger partial charge in [0, 0.05) is 12.1 Å². The molecule has 0 aromatic rings. The smallest absolute Gasteiger partial charge is 0.306 e. The zero-order valence-corrected chi connectivity index (χ0v) is 11.1. The number of nitrogens with zero attached hydrogens (tertiary/aromatic N) is 1. The highest BCUT2D eigenvalue weighted by atomic mass is 16.4. The fraction of sp³-hybridized carbons (Fsp3) is 0.929. The third kappa shape index (κ3) is 2.16. The van der Waals surface area contributed by atoms with Crippen molar-refractivity contribution in [3.8, 4) is 0 Å². The first-order chi connectivity index (χ1) is 8.68. The number of hydrogen-bond donors (Lipinski definition) is 2. The van der Waals surface area contributed by atoms with Gasteiger partial charge in [0.15, 0.2) is 0 Å². The Morgan fingerprint density at radius 3 is 2.83 bits per heavy atom. The molecule has 4 nitrogen and oxygen atoms in total. The van der Waals surface area contributed by atoms with Crippen LogP contribution in [0.15, 0.2) is 0 Å². The average molecular weight is 252 g/mol. The van der Waals surface area contributed by atoms with E-state index in [1.54, 1.807) is 0 Å². The SMILES string of the molecule is CC1CNCCC1N1CCCC1[C@@H]1CC1C(=O)O. The molecule has 4 heteroatoms. The Labute approximate surface area is 109 Å². The molecule has 0 bridgehead atoms. The summed E-state index contributed by atoms with van der Waals surface area (Å²) < 4.78 is 0. The third-order valence-electron chi connectivity index (χ3n) is 5.16. The minimum atomic E-state index is -0.579. The van der Waals surface area contributed by atoms with Crippen molar-refractivity contribution in [2.75, 3.05) is 19.6 Å². The van der Waals surface area contributed by atoms with Gasteiger partial charge in [-0.2, -0.15) is 0 Å². The van der Waals surface area contributed by atoms with E-state index in [0.717, 1.165) is 19.5 Å². The molecule has 2 saturated heterocycles. The molecule has 0 spiro atoms. The van der Waals surface area contributed by atoms with E-state index in [0.29, 0.717) is 23.9 Å². The lowest BCUT2D eigenvalue weighted by Crippen LogP contribution is -2.51. The summed E-state index contributed by atoms with van der Waals surface area (Å²) in [5.74, 6) is 0.506. The van der Waals surface area contributed by atoms with Gasteiger partial charge in [0.05, 0.1) is 5.92 Å². The van der Waals surface area contributed by atoms with Crippen molar-refractivity contribution in [2.24, 2.45) is 17.8 Å². The molecule has 2 heterocycles. The molecule has 1 aliphatic carbocycles. The van der Waals surface area contributed by atoms with Crippen molar-refractivity contribution in [2.45, 2.75) is 44.7 Å². The van der Waals surface area contributed by atoms with Crippen LogP contribution in [0.25, 0.3) is 0 Å². The van der Waals surface area contributed by atoms with E-state index in [1.165, 1.54) is 25.8 Å². The van der Waals surface area contributed by atoms with Crippen LogP contribution in [0.1, 0.15) is 32.6 Å². The normalized spacial score (nSPS) is 45.1. The molecular weight excluding hydrogens is 228 g/mol. The fourth-order valence-corrected chi connectivity index (χ4v) is 4.10. The minimum absolute atomic E-state index is 0.0485. The van der Waals surface area contributed by atoms with Gasteiger partial charge in [0.2, 0.25) is 0 Å². The Balaban J connectivity index is 1.66. The largest absolute Gasteiger partial charge is 0.481 e. The van der Waals surface area contributed by atoms with Crippen molar-refractivity contribution in [1.82, 2.24) is 10.2 Å². The Hall–Kier alpha value is -0.610. The van der Waals surface area contributed by atoms with Crippen molar-refractivity contribution >= 4 is 5.97 Å². The topological polar surface area (TPSA) is 52.6 Å². The van der Waals surface area contributed by atoms with Crippen LogP contribution in [-0.2, 0) is 4.79 Å². The predicted octanol–water partition coefficient (Wildman–Crippen LogP) is 1.17. The van der Waals surface area contributed by atoms with E-state index >= 15 is 0 Å². The van der Waals surface area contributed by atoms with Gasteiger partial charge in [-0.3, -0.25) is 9.69 Å². The van der Waals surface area contributed by atoms with Crippen LogP contribution in [0.4, 0.5) is 0 Å². The van der Waals surface area contributed by atoms with Gasteiger partial charge in [0.1, 0.15) is 0 Å². The number of carboxylic acid groups (broad SMARTS) is 1. The first-order valence-corrected chi connectivity index (χ1v) is 7.37. The zero-order valence-electron chi connectivity index (χ0n) is 11.1. The molecule has 0 amide bonds. The zero-order chi connectivity index (χ0) is 12.7. The number of carboxylic acids is 1. The number of carbonyl (C=O) groups is 1. The first-order valence-electron chi connectivity index (χ1n) is 7.37. The van der Waals surface area contributed by atoms with Crippen LogP contribution in [0.3, 0.4) is 0 Å². The lowest BCUT2D eigenvalue weighted by atomic mass is 9.92. The summed E-state index contributed by atoms with van der Waals surface area (Å²) in [5.41, 5.74) is 0. The number of rotatable bonds is 3. The molecular formula is C14H24N2O2. The molecule has 18 heavy (non-hydrogen) atoms. The standard InChI is InChI=1S/C14H24N2O2/c1-9-8-15-5-4-12(9)16-6-2-3-13(16)10-7-11(10)14(17)18/h9-13,15H,2-8H2,1H3,(H,17,18)/t9?,10-,11?,12?,13?/m1/s1. The van der Waals surface area contributed by atoms with Gasteiger partial charge in [-0.1, -0.05) is 6.92 Å². The fourth-order valence-electron chi connectivity index (χ4n) is 4.10. The molecule has 0 radical (unpaired) electrons. The third-order valence-corrected chi connectivity index (χ3v) is 5.16. The van der Waals surface area contributed by atoms with Gasteiger partial charge in [-0.05, 0) is 57.2 Å².